The largest absolute Gasteiger partial charge is 0.496 e. The summed E-state index contributed by atoms with van der Waals surface area (Å²) in [6.45, 7) is 1.000. The zero-order valence-corrected chi connectivity index (χ0v) is 20.7. The van der Waals surface area contributed by atoms with Crippen molar-refractivity contribution in [3.8, 4) is 5.75 Å². The topological polar surface area (TPSA) is 75.7 Å². The van der Waals surface area contributed by atoms with Crippen LogP contribution >= 0.6 is 11.8 Å². The summed E-state index contributed by atoms with van der Waals surface area (Å²) in [4.78, 5) is 15.3. The molecular weight excluding hydrogens is 468 g/mol. The molecule has 1 fully saturated rings. The van der Waals surface area contributed by atoms with Crippen LogP contribution in [0.4, 0.5) is 5.69 Å². The van der Waals surface area contributed by atoms with Crippen LogP contribution in [0.15, 0.2) is 87.5 Å². The van der Waals surface area contributed by atoms with Gasteiger partial charge in [0.1, 0.15) is 5.75 Å². The number of benzene rings is 3. The summed E-state index contributed by atoms with van der Waals surface area (Å²) in [5.74, 6) is -0.105. The second kappa shape index (κ2) is 11.1. The van der Waals surface area contributed by atoms with Crippen molar-refractivity contribution in [2.24, 2.45) is 0 Å². The Balaban J connectivity index is 1.61. The molecule has 0 saturated carbocycles. The van der Waals surface area contributed by atoms with Crippen molar-refractivity contribution in [3.05, 3.63) is 78.4 Å². The molecule has 178 valence electrons. The Morgan fingerprint density at radius 3 is 2.29 bits per heavy atom. The molecule has 8 heteroatoms. The Hall–Kier alpha value is -2.81. The summed E-state index contributed by atoms with van der Waals surface area (Å²) in [6.07, 6.45) is 3.75. The van der Waals surface area contributed by atoms with Gasteiger partial charge >= 0.3 is 0 Å². The number of para-hydroxylation sites is 1. The zero-order chi connectivity index (χ0) is 24.0. The van der Waals surface area contributed by atoms with Crippen molar-refractivity contribution in [3.63, 3.8) is 0 Å². The Kier molecular flexibility index (Phi) is 7.92. The minimum absolute atomic E-state index is 0.104. The highest BCUT2D eigenvalue weighted by molar-refractivity contribution is 7.99. The smallest absolute Gasteiger partial charge is 0.259 e. The molecule has 1 aliphatic heterocycles. The van der Waals surface area contributed by atoms with E-state index in [0.717, 1.165) is 35.5 Å². The molecule has 3 aromatic carbocycles. The molecule has 1 heterocycles. The standard InChI is InChI=1S/C26H28N2O4S2/c1-32-24-16-15-21(34(30,31)28-17-9-2-3-10-18-28)19-22(24)26(29)27-23-13-7-8-14-25(23)33-20-11-5-4-6-12-20/h4-8,11-16,19H,2-3,9-10,17-18H2,1H3,(H,27,29). The Labute approximate surface area is 205 Å². The van der Waals surface area contributed by atoms with E-state index in [1.54, 1.807) is 17.8 Å². The molecular formula is C26H28N2O4S2. The number of nitrogens with zero attached hydrogens (tertiary/aromatic N) is 1. The maximum Gasteiger partial charge on any atom is 0.259 e. The third-order valence-corrected chi connectivity index (χ3v) is 8.70. The van der Waals surface area contributed by atoms with Gasteiger partial charge in [-0.15, -0.1) is 0 Å². The molecule has 1 saturated heterocycles. The van der Waals surface area contributed by atoms with Crippen molar-refractivity contribution in [2.75, 3.05) is 25.5 Å². The lowest BCUT2D eigenvalue weighted by molar-refractivity contribution is 0.102. The van der Waals surface area contributed by atoms with E-state index in [9.17, 15) is 13.2 Å². The summed E-state index contributed by atoms with van der Waals surface area (Å²) in [5.41, 5.74) is 0.821. The number of nitrogens with one attached hydrogen (secondary N) is 1. The number of hydrogen-bond acceptors (Lipinski definition) is 5. The Morgan fingerprint density at radius 2 is 1.59 bits per heavy atom. The highest BCUT2D eigenvalue weighted by Gasteiger charge is 2.27. The summed E-state index contributed by atoms with van der Waals surface area (Å²) in [6, 6.07) is 21.9. The van der Waals surface area contributed by atoms with Crippen molar-refractivity contribution < 1.29 is 17.9 Å². The number of sulfonamides is 1. The van der Waals surface area contributed by atoms with Crippen LogP contribution < -0.4 is 10.1 Å². The third-order valence-electron chi connectivity index (χ3n) is 5.72. The van der Waals surface area contributed by atoms with Crippen LogP contribution in [0.3, 0.4) is 0 Å². The lowest BCUT2D eigenvalue weighted by Gasteiger charge is -2.21. The van der Waals surface area contributed by atoms with Crippen LogP contribution in [0.5, 0.6) is 5.75 Å². The van der Waals surface area contributed by atoms with E-state index >= 15 is 0 Å². The first-order chi connectivity index (χ1) is 16.5. The monoisotopic (exact) mass is 496 g/mol. The zero-order valence-electron chi connectivity index (χ0n) is 19.1. The molecule has 1 amide bonds. The average molecular weight is 497 g/mol. The van der Waals surface area contributed by atoms with E-state index in [4.69, 9.17) is 4.74 Å². The first-order valence-electron chi connectivity index (χ1n) is 11.3. The summed E-state index contributed by atoms with van der Waals surface area (Å²) in [7, 11) is -2.23. The molecule has 4 rings (SSSR count). The van der Waals surface area contributed by atoms with Crippen molar-refractivity contribution >= 4 is 33.4 Å². The normalized spacial score (nSPS) is 14.9. The van der Waals surface area contributed by atoms with Gasteiger partial charge in [0.05, 0.1) is 23.3 Å². The summed E-state index contributed by atoms with van der Waals surface area (Å²) in [5, 5.41) is 2.94. The van der Waals surface area contributed by atoms with E-state index in [0.29, 0.717) is 24.5 Å². The van der Waals surface area contributed by atoms with Gasteiger partial charge in [0, 0.05) is 22.9 Å². The second-order valence-electron chi connectivity index (χ2n) is 8.05. The van der Waals surface area contributed by atoms with Gasteiger partial charge in [-0.3, -0.25) is 4.79 Å². The first-order valence-corrected chi connectivity index (χ1v) is 13.6. The van der Waals surface area contributed by atoms with E-state index in [2.05, 4.69) is 5.32 Å². The predicted molar refractivity (Wildman–Crippen MR) is 135 cm³/mol. The molecule has 0 atom stereocenters. The number of amides is 1. The van der Waals surface area contributed by atoms with Crippen molar-refractivity contribution in [1.29, 1.82) is 0 Å². The number of methoxy groups -OCH3 is 1. The van der Waals surface area contributed by atoms with Crippen molar-refractivity contribution in [2.45, 2.75) is 40.4 Å². The van der Waals surface area contributed by atoms with Crippen LogP contribution in [0.1, 0.15) is 36.0 Å². The third kappa shape index (κ3) is 5.63. The Bertz CT molecular complexity index is 1240. The van der Waals surface area contributed by atoms with Gasteiger partial charge in [-0.2, -0.15) is 4.31 Å². The second-order valence-corrected chi connectivity index (χ2v) is 11.1. The SMILES string of the molecule is COc1ccc(S(=O)(=O)N2CCCCCC2)cc1C(=O)Nc1ccccc1Sc1ccccc1. The molecule has 0 spiro atoms. The lowest BCUT2D eigenvalue weighted by Crippen LogP contribution is -2.32. The number of carbonyl (C=O) groups excluding carboxylic acids is 1. The highest BCUT2D eigenvalue weighted by Crippen LogP contribution is 2.34. The number of ether oxygens (including phenoxy) is 1. The van der Waals surface area contributed by atoms with E-state index < -0.39 is 15.9 Å². The van der Waals surface area contributed by atoms with Crippen molar-refractivity contribution in [1.82, 2.24) is 4.31 Å². The number of rotatable bonds is 7. The van der Waals surface area contributed by atoms with Gasteiger partial charge in [-0.05, 0) is 55.3 Å². The van der Waals surface area contributed by atoms with E-state index in [1.807, 2.05) is 54.6 Å². The fourth-order valence-electron chi connectivity index (χ4n) is 3.92. The van der Waals surface area contributed by atoms with Crippen LogP contribution in [0.25, 0.3) is 0 Å². The predicted octanol–water partition coefficient (Wildman–Crippen LogP) is 5.66. The van der Waals surface area contributed by atoms with Gasteiger partial charge in [-0.25, -0.2) is 8.42 Å². The Morgan fingerprint density at radius 1 is 0.912 bits per heavy atom. The molecule has 1 N–H and O–H groups in total. The maximum atomic E-state index is 13.3. The molecule has 0 aromatic heterocycles. The van der Waals surface area contributed by atoms with Crippen LogP contribution in [-0.4, -0.2) is 38.8 Å². The number of hydrogen-bond donors (Lipinski definition) is 1. The molecule has 0 bridgehead atoms. The molecule has 0 unspecified atom stereocenters. The van der Waals surface area contributed by atoms with E-state index in [1.165, 1.54) is 23.5 Å². The minimum atomic E-state index is -3.69. The van der Waals surface area contributed by atoms with Gasteiger partial charge < -0.3 is 10.1 Å². The summed E-state index contributed by atoms with van der Waals surface area (Å²) < 4.78 is 33.5. The number of carbonyl (C=O) groups is 1. The van der Waals surface area contributed by atoms with Gasteiger partial charge in [-0.1, -0.05) is 54.9 Å². The van der Waals surface area contributed by atoms with Gasteiger partial charge in [0.15, 0.2) is 0 Å². The molecule has 6 nitrogen and oxygen atoms in total. The maximum absolute atomic E-state index is 13.3. The first kappa shape index (κ1) is 24.3. The van der Waals surface area contributed by atoms with Crippen LogP contribution in [-0.2, 0) is 10.0 Å². The average Bonchev–Trinajstić information content (AvgIpc) is 3.16. The summed E-state index contributed by atoms with van der Waals surface area (Å²) >= 11 is 1.54. The van der Waals surface area contributed by atoms with Crippen LogP contribution in [0, 0.1) is 0 Å². The molecule has 1 aliphatic rings. The van der Waals surface area contributed by atoms with Gasteiger partial charge in [0.2, 0.25) is 10.0 Å². The van der Waals surface area contributed by atoms with Gasteiger partial charge in [0.25, 0.3) is 5.91 Å². The lowest BCUT2D eigenvalue weighted by atomic mass is 10.2. The number of anilines is 1. The van der Waals surface area contributed by atoms with Crippen LogP contribution in [0.2, 0.25) is 0 Å². The molecule has 34 heavy (non-hydrogen) atoms. The minimum Gasteiger partial charge on any atom is -0.496 e. The quantitative estimate of drug-likeness (QED) is 0.457. The highest BCUT2D eigenvalue weighted by atomic mass is 32.2. The van der Waals surface area contributed by atoms with E-state index in [-0.39, 0.29) is 10.5 Å². The molecule has 3 aromatic rings. The fraction of sp³-hybridized carbons (Fsp3) is 0.269. The molecule has 0 aliphatic carbocycles. The molecule has 0 radical (unpaired) electrons. The fourth-order valence-corrected chi connectivity index (χ4v) is 6.39.